The van der Waals surface area contributed by atoms with Gasteiger partial charge in [-0.3, -0.25) is 14.9 Å². The maximum absolute atomic E-state index is 12.3. The number of nitro groups is 1. The van der Waals surface area contributed by atoms with E-state index in [1.807, 2.05) is 12.1 Å². The first kappa shape index (κ1) is 21.9. The quantitative estimate of drug-likeness (QED) is 0.435. The molecule has 2 rings (SSSR count). The number of nitrogens with zero attached hydrogens (tertiary/aromatic N) is 1. The Morgan fingerprint density at radius 3 is 2.61 bits per heavy atom. The number of ketones is 1. The van der Waals surface area contributed by atoms with Gasteiger partial charge in [-0.2, -0.15) is 0 Å². The lowest BCUT2D eigenvalue weighted by molar-refractivity contribution is -0.427. The highest BCUT2D eigenvalue weighted by Gasteiger charge is 2.26. The van der Waals surface area contributed by atoms with Crippen LogP contribution in [0.1, 0.15) is 51.7 Å². The average Bonchev–Trinajstić information content (AvgIpc) is 2.60. The molecule has 0 saturated carbocycles. The molecule has 1 aliphatic rings. The number of benzene rings is 1. The Balaban J connectivity index is 2.52. The molecule has 0 aliphatic carbocycles. The van der Waals surface area contributed by atoms with Crippen molar-refractivity contribution in [3.8, 4) is 5.75 Å². The minimum absolute atomic E-state index is 0.0507. The van der Waals surface area contributed by atoms with E-state index in [9.17, 15) is 14.9 Å². The van der Waals surface area contributed by atoms with Gasteiger partial charge in [0.2, 0.25) is 5.70 Å². The van der Waals surface area contributed by atoms with Crippen LogP contribution in [-0.2, 0) is 14.9 Å². The molecule has 1 aliphatic heterocycles. The van der Waals surface area contributed by atoms with Gasteiger partial charge in [0.15, 0.2) is 5.78 Å². The van der Waals surface area contributed by atoms with Gasteiger partial charge >= 0.3 is 0 Å². The molecule has 1 aromatic carbocycles. The number of halogens is 1. The minimum atomic E-state index is -0.439. The zero-order chi connectivity index (χ0) is 21.1. The van der Waals surface area contributed by atoms with Crippen LogP contribution in [-0.4, -0.2) is 17.8 Å². The molecule has 0 aromatic heterocycles. The summed E-state index contributed by atoms with van der Waals surface area (Å²) in [6.45, 7) is 7.92. The van der Waals surface area contributed by atoms with Crippen LogP contribution >= 0.6 is 15.9 Å². The topological polar surface area (TPSA) is 78.7 Å². The summed E-state index contributed by atoms with van der Waals surface area (Å²) >= 11 is 3.52. The standard InChI is InChI=1S/C21H24BrNO5/c1-6-14(23(25)26)7-8-16-11-15(24)12-19(28-16)17-9-13(22)10-18(20(17)27-5)21(2,3)4/h7-10,12H,6,11H2,1-5H3/b14-7+,16-8+. The van der Waals surface area contributed by atoms with Crippen LogP contribution in [0.15, 0.2) is 46.3 Å². The normalized spacial score (nSPS) is 16.6. The number of carbonyl (C=O) groups is 1. The largest absolute Gasteiger partial charge is 0.496 e. The summed E-state index contributed by atoms with van der Waals surface area (Å²) in [6.07, 6.45) is 4.64. The van der Waals surface area contributed by atoms with Crippen LogP contribution in [0.4, 0.5) is 0 Å². The maximum atomic E-state index is 12.3. The Kier molecular flexibility index (Phi) is 6.82. The van der Waals surface area contributed by atoms with Gasteiger partial charge in [0.1, 0.15) is 17.3 Å². The molecule has 0 radical (unpaired) electrons. The second kappa shape index (κ2) is 8.73. The van der Waals surface area contributed by atoms with E-state index < -0.39 is 4.92 Å². The third-order valence-corrected chi connectivity index (χ3v) is 4.73. The van der Waals surface area contributed by atoms with Crippen molar-refractivity contribution in [3.63, 3.8) is 0 Å². The van der Waals surface area contributed by atoms with Crippen molar-refractivity contribution in [1.29, 1.82) is 0 Å². The molecule has 0 saturated heterocycles. The van der Waals surface area contributed by atoms with Crippen LogP contribution in [0, 0.1) is 10.1 Å². The second-order valence-electron chi connectivity index (χ2n) is 7.44. The molecular weight excluding hydrogens is 426 g/mol. The lowest BCUT2D eigenvalue weighted by Gasteiger charge is -2.26. The van der Waals surface area contributed by atoms with Crippen LogP contribution in [0.2, 0.25) is 0 Å². The highest BCUT2D eigenvalue weighted by atomic mass is 79.9. The lowest BCUT2D eigenvalue weighted by atomic mass is 9.84. The Bertz CT molecular complexity index is 891. The monoisotopic (exact) mass is 449 g/mol. The number of rotatable bonds is 5. The molecule has 0 unspecified atom stereocenters. The van der Waals surface area contributed by atoms with Crippen LogP contribution < -0.4 is 4.74 Å². The predicted octanol–water partition coefficient (Wildman–Crippen LogP) is 5.54. The number of hydrogen-bond donors (Lipinski definition) is 0. The summed E-state index contributed by atoms with van der Waals surface area (Å²) in [5, 5.41) is 11.0. The van der Waals surface area contributed by atoms with Crippen molar-refractivity contribution < 1.29 is 19.2 Å². The van der Waals surface area contributed by atoms with E-state index in [2.05, 4.69) is 36.7 Å². The molecule has 0 bridgehead atoms. The van der Waals surface area contributed by atoms with Crippen molar-refractivity contribution in [2.24, 2.45) is 0 Å². The zero-order valence-electron chi connectivity index (χ0n) is 16.7. The van der Waals surface area contributed by atoms with Gasteiger partial charge < -0.3 is 9.47 Å². The van der Waals surface area contributed by atoms with E-state index in [1.54, 1.807) is 14.0 Å². The van der Waals surface area contributed by atoms with Gasteiger partial charge in [0, 0.05) is 28.6 Å². The van der Waals surface area contributed by atoms with Gasteiger partial charge in [-0.25, -0.2) is 0 Å². The molecule has 0 N–H and O–H groups in total. The molecule has 28 heavy (non-hydrogen) atoms. The van der Waals surface area contributed by atoms with E-state index in [1.165, 1.54) is 18.2 Å². The summed E-state index contributed by atoms with van der Waals surface area (Å²) < 4.78 is 12.4. The molecule has 0 amide bonds. The Labute approximate surface area is 173 Å². The number of hydrogen-bond acceptors (Lipinski definition) is 5. The fraction of sp³-hybridized carbons (Fsp3) is 0.381. The van der Waals surface area contributed by atoms with Crippen molar-refractivity contribution in [2.75, 3.05) is 7.11 Å². The van der Waals surface area contributed by atoms with Gasteiger partial charge in [-0.05, 0) is 23.6 Å². The molecule has 0 spiro atoms. The van der Waals surface area contributed by atoms with Crippen LogP contribution in [0.5, 0.6) is 5.75 Å². The highest BCUT2D eigenvalue weighted by Crippen LogP contribution is 2.41. The SMILES string of the molecule is CC/C(=C\C=C1/CC(=O)C=C(c2cc(Br)cc(C(C)(C)C)c2OC)O1)[N+](=O)[O-]. The summed E-state index contributed by atoms with van der Waals surface area (Å²) in [5.74, 6) is 1.21. The van der Waals surface area contributed by atoms with Crippen molar-refractivity contribution >= 4 is 27.5 Å². The van der Waals surface area contributed by atoms with Gasteiger partial charge in [-0.1, -0.05) is 43.6 Å². The number of allylic oxidation sites excluding steroid dienone is 5. The molecule has 150 valence electrons. The van der Waals surface area contributed by atoms with Crippen LogP contribution in [0.3, 0.4) is 0 Å². The fourth-order valence-corrected chi connectivity index (χ4v) is 3.31. The molecule has 0 fully saturated rings. The van der Waals surface area contributed by atoms with Crippen molar-refractivity contribution in [3.05, 3.63) is 67.5 Å². The molecule has 7 heteroatoms. The molecule has 1 aromatic rings. The predicted molar refractivity (Wildman–Crippen MR) is 112 cm³/mol. The first-order chi connectivity index (χ1) is 13.1. The average molecular weight is 450 g/mol. The van der Waals surface area contributed by atoms with E-state index in [0.29, 0.717) is 22.8 Å². The van der Waals surface area contributed by atoms with Crippen molar-refractivity contribution in [2.45, 2.75) is 46.0 Å². The van der Waals surface area contributed by atoms with E-state index in [-0.39, 0.29) is 29.7 Å². The van der Waals surface area contributed by atoms with Gasteiger partial charge in [0.25, 0.3) is 0 Å². The molecular formula is C21H24BrNO5. The minimum Gasteiger partial charge on any atom is -0.496 e. The van der Waals surface area contributed by atoms with Crippen LogP contribution in [0.25, 0.3) is 5.76 Å². The maximum Gasteiger partial charge on any atom is 0.246 e. The Morgan fingerprint density at radius 1 is 1.39 bits per heavy atom. The van der Waals surface area contributed by atoms with E-state index in [4.69, 9.17) is 9.47 Å². The smallest absolute Gasteiger partial charge is 0.246 e. The molecule has 0 atom stereocenters. The summed E-state index contributed by atoms with van der Waals surface area (Å²) in [5.41, 5.74) is 1.48. The third kappa shape index (κ3) is 5.10. The van der Waals surface area contributed by atoms with E-state index in [0.717, 1.165) is 10.0 Å². The second-order valence-corrected chi connectivity index (χ2v) is 8.36. The van der Waals surface area contributed by atoms with Crippen molar-refractivity contribution in [1.82, 2.24) is 0 Å². The van der Waals surface area contributed by atoms with Gasteiger partial charge in [-0.15, -0.1) is 0 Å². The number of ether oxygens (including phenoxy) is 2. The summed E-state index contributed by atoms with van der Waals surface area (Å²) in [4.78, 5) is 22.8. The number of methoxy groups -OCH3 is 1. The first-order valence-electron chi connectivity index (χ1n) is 8.91. The fourth-order valence-electron chi connectivity index (χ4n) is 2.85. The van der Waals surface area contributed by atoms with E-state index >= 15 is 0 Å². The zero-order valence-corrected chi connectivity index (χ0v) is 18.3. The first-order valence-corrected chi connectivity index (χ1v) is 9.71. The third-order valence-electron chi connectivity index (χ3n) is 4.27. The Hall–Kier alpha value is -2.41. The summed E-state index contributed by atoms with van der Waals surface area (Å²) in [7, 11) is 1.58. The highest BCUT2D eigenvalue weighted by molar-refractivity contribution is 9.10. The Morgan fingerprint density at radius 2 is 2.07 bits per heavy atom. The molecule has 6 nitrogen and oxygen atoms in total. The number of carbonyl (C=O) groups excluding carboxylic acids is 1. The lowest BCUT2D eigenvalue weighted by Crippen LogP contribution is -2.15. The summed E-state index contributed by atoms with van der Waals surface area (Å²) in [6, 6.07) is 3.82. The molecule has 1 heterocycles. The van der Waals surface area contributed by atoms with Gasteiger partial charge in [0.05, 0.1) is 24.0 Å².